The van der Waals surface area contributed by atoms with Gasteiger partial charge in [0, 0.05) is 38.8 Å². The average Bonchev–Trinajstić information content (AvgIpc) is 3.87. The Kier molecular flexibility index (Phi) is 8.67. The van der Waals surface area contributed by atoms with Crippen LogP contribution in [0.25, 0.3) is 93.9 Å². The van der Waals surface area contributed by atoms with E-state index in [-0.39, 0.29) is 0 Å². The van der Waals surface area contributed by atoms with Crippen LogP contribution in [0.1, 0.15) is 23.5 Å². The van der Waals surface area contributed by atoms with Gasteiger partial charge in [-0.25, -0.2) is 0 Å². The SMILES string of the molecule is C1=CC(c2ccc3c(c2)c2ccc(-c4cc(-c5ccccc5)cc(-c5ccccc5)c4)cc2n3-c2ccccc2)CC=C1c1ccc2c(c1)c1ccccc1n2-c1ccccc1. The third-order valence-corrected chi connectivity index (χ3v) is 12.8. The van der Waals surface area contributed by atoms with E-state index in [9.17, 15) is 0 Å². The Morgan fingerprint density at radius 1 is 0.323 bits per heavy atom. The topological polar surface area (TPSA) is 9.86 Å². The van der Waals surface area contributed by atoms with Crippen molar-refractivity contribution >= 4 is 49.2 Å². The first-order valence-electron chi connectivity index (χ1n) is 21.6. The Hall–Kier alpha value is -7.94. The normalized spacial score (nSPS) is 13.9. The van der Waals surface area contributed by atoms with Crippen molar-refractivity contribution in [1.82, 2.24) is 9.13 Å². The fourth-order valence-electron chi connectivity index (χ4n) is 9.78. The van der Waals surface area contributed by atoms with Crippen LogP contribution >= 0.6 is 0 Å². The van der Waals surface area contributed by atoms with Crippen LogP contribution in [0.5, 0.6) is 0 Å². The minimum Gasteiger partial charge on any atom is -0.309 e. The molecule has 2 nitrogen and oxygen atoms in total. The molecule has 0 bridgehead atoms. The second kappa shape index (κ2) is 15.0. The van der Waals surface area contributed by atoms with Crippen LogP contribution in [0.3, 0.4) is 0 Å². The summed E-state index contributed by atoms with van der Waals surface area (Å²) in [6.45, 7) is 0. The van der Waals surface area contributed by atoms with Crippen molar-refractivity contribution in [1.29, 1.82) is 0 Å². The minimum absolute atomic E-state index is 0.290. The van der Waals surface area contributed by atoms with Crippen LogP contribution in [0, 0.1) is 0 Å². The van der Waals surface area contributed by atoms with Crippen LogP contribution in [0.4, 0.5) is 0 Å². The standard InChI is InChI=1S/C60H42N2/c1-5-15-41(16-6-1)48-35-49(42-17-7-2-8-18-42)37-50(36-48)47-29-32-54-56-39-46(31-34-59(56)62(60(54)40-47)52-21-11-4-12-22-52)44-27-25-43(26-28-44)45-30-33-58-55(38-45)53-23-13-14-24-57(53)61(58)51-19-9-3-10-20-51/h1-27,29-40,44H,28H2. The zero-order valence-electron chi connectivity index (χ0n) is 34.2. The highest BCUT2D eigenvalue weighted by molar-refractivity contribution is 6.11. The van der Waals surface area contributed by atoms with E-state index in [4.69, 9.17) is 0 Å². The molecule has 2 aromatic heterocycles. The Morgan fingerprint density at radius 3 is 1.45 bits per heavy atom. The first kappa shape index (κ1) is 36.0. The summed E-state index contributed by atoms with van der Waals surface area (Å²) in [4.78, 5) is 0. The molecule has 62 heavy (non-hydrogen) atoms. The van der Waals surface area contributed by atoms with E-state index in [1.807, 2.05) is 0 Å². The molecule has 0 saturated heterocycles. The molecule has 0 N–H and O–H groups in total. The lowest BCUT2D eigenvalue weighted by Crippen LogP contribution is -1.99. The van der Waals surface area contributed by atoms with E-state index in [1.54, 1.807) is 0 Å². The van der Waals surface area contributed by atoms with Crippen molar-refractivity contribution in [3.63, 3.8) is 0 Å². The van der Waals surface area contributed by atoms with Gasteiger partial charge in [0.2, 0.25) is 0 Å². The van der Waals surface area contributed by atoms with Crippen molar-refractivity contribution in [2.24, 2.45) is 0 Å². The molecule has 0 spiro atoms. The summed E-state index contributed by atoms with van der Waals surface area (Å²) in [5.41, 5.74) is 18.3. The minimum atomic E-state index is 0.290. The lowest BCUT2D eigenvalue weighted by Gasteiger charge is -2.18. The number of rotatable bonds is 7. The van der Waals surface area contributed by atoms with Crippen LogP contribution in [-0.2, 0) is 0 Å². The van der Waals surface area contributed by atoms with Gasteiger partial charge in [0.25, 0.3) is 0 Å². The largest absolute Gasteiger partial charge is 0.309 e. The average molecular weight is 791 g/mol. The lowest BCUT2D eigenvalue weighted by atomic mass is 9.87. The maximum atomic E-state index is 2.44. The molecule has 0 radical (unpaired) electrons. The zero-order chi connectivity index (χ0) is 41.0. The number of nitrogens with zero attached hydrogens (tertiary/aromatic N) is 2. The number of fused-ring (bicyclic) bond motifs is 6. The molecule has 292 valence electrons. The third-order valence-electron chi connectivity index (χ3n) is 12.8. The van der Waals surface area contributed by atoms with Crippen molar-refractivity contribution in [3.05, 3.63) is 248 Å². The summed E-state index contributed by atoms with van der Waals surface area (Å²) in [6, 6.07) is 79.8. The highest BCUT2D eigenvalue weighted by Gasteiger charge is 2.19. The van der Waals surface area contributed by atoms with Crippen LogP contribution in [-0.4, -0.2) is 9.13 Å². The number of hydrogen-bond donors (Lipinski definition) is 0. The molecule has 1 unspecified atom stereocenters. The van der Waals surface area contributed by atoms with Gasteiger partial charge in [0.15, 0.2) is 0 Å². The predicted molar refractivity (Wildman–Crippen MR) is 262 cm³/mol. The molecule has 1 aliphatic carbocycles. The van der Waals surface area contributed by atoms with Crippen LogP contribution in [0.15, 0.2) is 237 Å². The van der Waals surface area contributed by atoms with Crippen LogP contribution < -0.4 is 0 Å². The van der Waals surface area contributed by atoms with Gasteiger partial charge < -0.3 is 9.13 Å². The number of para-hydroxylation sites is 3. The first-order valence-corrected chi connectivity index (χ1v) is 21.6. The summed E-state index contributed by atoms with van der Waals surface area (Å²) in [5.74, 6) is 0.290. The Balaban J connectivity index is 0.920. The fourth-order valence-corrected chi connectivity index (χ4v) is 9.78. The fraction of sp³-hybridized carbons (Fsp3) is 0.0333. The Labute approximate surface area is 361 Å². The number of allylic oxidation sites excluding steroid dienone is 4. The molecule has 2 heteroatoms. The molecule has 0 saturated carbocycles. The van der Waals surface area contributed by atoms with Gasteiger partial charge in [0.05, 0.1) is 22.1 Å². The molecule has 2 heterocycles. The highest BCUT2D eigenvalue weighted by Crippen LogP contribution is 2.41. The van der Waals surface area contributed by atoms with Crippen molar-refractivity contribution in [3.8, 4) is 44.8 Å². The molecule has 0 fully saturated rings. The molecule has 0 amide bonds. The summed E-state index contributed by atoms with van der Waals surface area (Å²) in [7, 11) is 0. The van der Waals surface area contributed by atoms with Crippen molar-refractivity contribution in [2.45, 2.75) is 12.3 Å². The van der Waals surface area contributed by atoms with E-state index < -0.39 is 0 Å². The highest BCUT2D eigenvalue weighted by atomic mass is 15.0. The van der Waals surface area contributed by atoms with E-state index in [1.165, 1.54) is 99.4 Å². The monoisotopic (exact) mass is 790 g/mol. The number of benzene rings is 9. The molecule has 0 aliphatic heterocycles. The van der Waals surface area contributed by atoms with E-state index in [0.717, 1.165) is 12.1 Å². The maximum absolute atomic E-state index is 2.44. The van der Waals surface area contributed by atoms with Crippen LogP contribution in [0.2, 0.25) is 0 Å². The summed E-state index contributed by atoms with van der Waals surface area (Å²) in [5, 5.41) is 5.09. The Morgan fingerprint density at radius 2 is 0.823 bits per heavy atom. The van der Waals surface area contributed by atoms with E-state index in [0.29, 0.717) is 5.92 Å². The molecule has 1 atom stereocenters. The van der Waals surface area contributed by atoms with Gasteiger partial charge in [-0.3, -0.25) is 0 Å². The summed E-state index contributed by atoms with van der Waals surface area (Å²) in [6.07, 6.45) is 8.12. The van der Waals surface area contributed by atoms with E-state index in [2.05, 4.69) is 246 Å². The third kappa shape index (κ3) is 6.19. The van der Waals surface area contributed by atoms with Gasteiger partial charge in [0.1, 0.15) is 0 Å². The molecule has 12 rings (SSSR count). The van der Waals surface area contributed by atoms with Crippen molar-refractivity contribution in [2.75, 3.05) is 0 Å². The molecular formula is C60H42N2. The Bertz CT molecular complexity index is 3460. The second-order valence-corrected chi connectivity index (χ2v) is 16.5. The van der Waals surface area contributed by atoms with Gasteiger partial charge >= 0.3 is 0 Å². The van der Waals surface area contributed by atoms with Crippen molar-refractivity contribution < 1.29 is 0 Å². The second-order valence-electron chi connectivity index (χ2n) is 16.5. The quantitative estimate of drug-likeness (QED) is 0.152. The van der Waals surface area contributed by atoms with Gasteiger partial charge in [-0.15, -0.1) is 0 Å². The molecule has 1 aliphatic rings. The maximum Gasteiger partial charge on any atom is 0.0547 e. The predicted octanol–water partition coefficient (Wildman–Crippen LogP) is 16.0. The van der Waals surface area contributed by atoms with E-state index >= 15 is 0 Å². The molecular weight excluding hydrogens is 749 g/mol. The first-order chi connectivity index (χ1) is 30.7. The van der Waals surface area contributed by atoms with Gasteiger partial charge in [-0.05, 0) is 135 Å². The summed E-state index contributed by atoms with van der Waals surface area (Å²) < 4.78 is 4.82. The molecule has 11 aromatic rings. The van der Waals surface area contributed by atoms with Gasteiger partial charge in [-0.1, -0.05) is 158 Å². The van der Waals surface area contributed by atoms with Gasteiger partial charge in [-0.2, -0.15) is 0 Å². The molecule has 9 aromatic carbocycles. The number of aromatic nitrogens is 2. The smallest absolute Gasteiger partial charge is 0.0547 e. The zero-order valence-corrected chi connectivity index (χ0v) is 34.2. The lowest BCUT2D eigenvalue weighted by molar-refractivity contribution is 0.858. The number of hydrogen-bond acceptors (Lipinski definition) is 0. The summed E-state index contributed by atoms with van der Waals surface area (Å²) >= 11 is 0.